The number of carbonyl (C=O) groups is 1. The van der Waals surface area contributed by atoms with E-state index in [0.717, 1.165) is 43.9 Å². The lowest BCUT2D eigenvalue weighted by Gasteiger charge is -2.24. The molecule has 0 aromatic heterocycles. The molecule has 0 heterocycles. The van der Waals surface area contributed by atoms with Crippen molar-refractivity contribution in [1.29, 1.82) is 0 Å². The van der Waals surface area contributed by atoms with Crippen LogP contribution in [0.15, 0.2) is 18.2 Å². The maximum atomic E-state index is 13.1. The van der Waals surface area contributed by atoms with Crippen LogP contribution in [-0.4, -0.2) is 16.5 Å². The predicted molar refractivity (Wildman–Crippen MR) is 67.7 cm³/mol. The van der Waals surface area contributed by atoms with Gasteiger partial charge in [0.25, 0.3) is 0 Å². The molecule has 0 bridgehead atoms. The highest BCUT2D eigenvalue weighted by molar-refractivity contribution is 5.88. The Kier molecular flexibility index (Phi) is 4.30. The van der Waals surface area contributed by atoms with Crippen LogP contribution in [0.5, 0.6) is 0 Å². The van der Waals surface area contributed by atoms with Crippen LogP contribution in [0.1, 0.15) is 44.1 Å². The molecule has 1 aliphatic rings. The molecule has 0 radical (unpaired) electrons. The Balaban J connectivity index is 2.11. The Morgan fingerprint density at radius 2 is 1.58 bits per heavy atom. The molecule has 0 amide bonds. The largest absolute Gasteiger partial charge is 0.382 e. The van der Waals surface area contributed by atoms with Crippen molar-refractivity contribution in [2.24, 2.45) is 0 Å². The van der Waals surface area contributed by atoms with Crippen LogP contribution >= 0.6 is 0 Å². The van der Waals surface area contributed by atoms with Gasteiger partial charge in [0.05, 0.1) is 0 Å². The first-order valence-electron chi connectivity index (χ1n) is 6.70. The zero-order valence-electron chi connectivity index (χ0n) is 10.8. The molecule has 104 valence electrons. The van der Waals surface area contributed by atoms with Crippen molar-refractivity contribution in [1.82, 2.24) is 0 Å². The van der Waals surface area contributed by atoms with Crippen LogP contribution in [0, 0.1) is 11.6 Å². The molecular weight excluding hydrogens is 250 g/mol. The summed E-state index contributed by atoms with van der Waals surface area (Å²) in [5, 5.41) is 10.4. The smallest absolute Gasteiger partial charge is 0.168 e. The van der Waals surface area contributed by atoms with E-state index in [1.165, 1.54) is 0 Å². The number of halogens is 2. The molecule has 2 rings (SSSR count). The number of hydrogen-bond acceptors (Lipinski definition) is 2. The van der Waals surface area contributed by atoms with Gasteiger partial charge in [-0.3, -0.25) is 4.79 Å². The number of Topliss-reactive ketones (excluding diaryl/α,β-unsaturated/α-hetero) is 1. The summed E-state index contributed by atoms with van der Waals surface area (Å²) in [5.74, 6) is -1.73. The first-order chi connectivity index (χ1) is 8.99. The summed E-state index contributed by atoms with van der Waals surface area (Å²) in [7, 11) is 0. The third-order valence-corrected chi connectivity index (χ3v) is 3.74. The molecule has 2 nitrogen and oxygen atoms in total. The van der Waals surface area contributed by atoms with E-state index >= 15 is 0 Å². The monoisotopic (exact) mass is 268 g/mol. The first-order valence-corrected chi connectivity index (χ1v) is 6.70. The first kappa shape index (κ1) is 14.1. The van der Waals surface area contributed by atoms with Crippen molar-refractivity contribution in [2.75, 3.05) is 0 Å². The summed E-state index contributed by atoms with van der Waals surface area (Å²) in [6.07, 6.45) is 4.45. The van der Waals surface area contributed by atoms with E-state index < -0.39 is 17.2 Å². The number of rotatable bonds is 3. The Hall–Kier alpha value is -1.29. The van der Waals surface area contributed by atoms with Crippen LogP contribution in [-0.2, 0) is 11.2 Å². The zero-order valence-corrected chi connectivity index (χ0v) is 10.8. The van der Waals surface area contributed by atoms with Crippen molar-refractivity contribution < 1.29 is 18.7 Å². The minimum atomic E-state index is -1.32. The average molecular weight is 268 g/mol. The van der Waals surface area contributed by atoms with E-state index in [1.54, 1.807) is 0 Å². The van der Waals surface area contributed by atoms with E-state index in [1.807, 2.05) is 0 Å². The van der Waals surface area contributed by atoms with Gasteiger partial charge in [-0.1, -0.05) is 25.7 Å². The van der Waals surface area contributed by atoms with Crippen LogP contribution in [0.4, 0.5) is 8.78 Å². The molecule has 0 atom stereocenters. The second-order valence-electron chi connectivity index (χ2n) is 5.32. The lowest BCUT2D eigenvalue weighted by Crippen LogP contribution is -2.39. The highest BCUT2D eigenvalue weighted by Crippen LogP contribution is 2.29. The van der Waals surface area contributed by atoms with Gasteiger partial charge in [-0.05, 0) is 30.5 Å². The fourth-order valence-electron chi connectivity index (χ4n) is 2.66. The van der Waals surface area contributed by atoms with Crippen LogP contribution < -0.4 is 0 Å². The topological polar surface area (TPSA) is 37.3 Å². The van der Waals surface area contributed by atoms with E-state index in [4.69, 9.17) is 0 Å². The van der Waals surface area contributed by atoms with E-state index in [0.29, 0.717) is 12.8 Å². The Bertz CT molecular complexity index is 443. The second kappa shape index (κ2) is 5.78. The molecule has 1 N–H and O–H groups in total. The van der Waals surface area contributed by atoms with Gasteiger partial charge in [-0.25, -0.2) is 8.78 Å². The molecule has 1 aromatic carbocycles. The third-order valence-electron chi connectivity index (χ3n) is 3.74. The normalized spacial score (nSPS) is 18.9. The Morgan fingerprint density at radius 3 is 2.11 bits per heavy atom. The standard InChI is InChI=1S/C15H18F2O2/c16-12-7-11(8-13(17)10-12)9-14(18)15(19)5-3-1-2-4-6-15/h7-8,10,19H,1-6,9H2. The summed E-state index contributed by atoms with van der Waals surface area (Å²) < 4.78 is 26.1. The second-order valence-corrected chi connectivity index (χ2v) is 5.32. The number of benzene rings is 1. The van der Waals surface area contributed by atoms with Crippen molar-refractivity contribution in [3.63, 3.8) is 0 Å². The van der Waals surface area contributed by atoms with Gasteiger partial charge in [0.2, 0.25) is 0 Å². The number of aliphatic hydroxyl groups is 1. The van der Waals surface area contributed by atoms with Crippen molar-refractivity contribution in [2.45, 2.75) is 50.5 Å². The molecule has 0 aliphatic heterocycles. The maximum Gasteiger partial charge on any atom is 0.168 e. The van der Waals surface area contributed by atoms with Gasteiger partial charge in [0, 0.05) is 12.5 Å². The van der Waals surface area contributed by atoms with E-state index in [9.17, 15) is 18.7 Å². The molecule has 1 aromatic rings. The summed E-state index contributed by atoms with van der Waals surface area (Å²) >= 11 is 0. The lowest BCUT2D eigenvalue weighted by atomic mass is 9.86. The highest BCUT2D eigenvalue weighted by atomic mass is 19.1. The van der Waals surface area contributed by atoms with Gasteiger partial charge >= 0.3 is 0 Å². The third kappa shape index (κ3) is 3.60. The maximum absolute atomic E-state index is 13.1. The fraction of sp³-hybridized carbons (Fsp3) is 0.533. The molecular formula is C15H18F2O2. The lowest BCUT2D eigenvalue weighted by molar-refractivity contribution is -0.138. The zero-order chi connectivity index (χ0) is 13.9. The molecule has 19 heavy (non-hydrogen) atoms. The van der Waals surface area contributed by atoms with E-state index in [-0.39, 0.29) is 17.8 Å². The molecule has 0 saturated heterocycles. The number of hydrogen-bond donors (Lipinski definition) is 1. The van der Waals surface area contributed by atoms with Crippen LogP contribution in [0.2, 0.25) is 0 Å². The van der Waals surface area contributed by atoms with Gasteiger partial charge in [0.15, 0.2) is 5.78 Å². The highest BCUT2D eigenvalue weighted by Gasteiger charge is 2.35. The average Bonchev–Trinajstić information content (AvgIpc) is 2.53. The Labute approximate surface area is 111 Å². The van der Waals surface area contributed by atoms with Crippen LogP contribution in [0.3, 0.4) is 0 Å². The number of ketones is 1. The van der Waals surface area contributed by atoms with Crippen molar-refractivity contribution in [3.05, 3.63) is 35.4 Å². The van der Waals surface area contributed by atoms with Crippen molar-refractivity contribution in [3.8, 4) is 0 Å². The molecule has 1 aliphatic carbocycles. The summed E-state index contributed by atoms with van der Waals surface area (Å²) in [5.41, 5.74) is -1.04. The summed E-state index contributed by atoms with van der Waals surface area (Å²) in [6.45, 7) is 0. The van der Waals surface area contributed by atoms with Gasteiger partial charge in [-0.2, -0.15) is 0 Å². The molecule has 1 fully saturated rings. The Morgan fingerprint density at radius 1 is 1.05 bits per heavy atom. The molecule has 0 unspecified atom stereocenters. The van der Waals surface area contributed by atoms with E-state index in [2.05, 4.69) is 0 Å². The number of carbonyl (C=O) groups excluding carboxylic acids is 1. The van der Waals surface area contributed by atoms with Crippen LogP contribution in [0.25, 0.3) is 0 Å². The molecule has 0 spiro atoms. The minimum Gasteiger partial charge on any atom is -0.382 e. The molecule has 4 heteroatoms. The van der Waals surface area contributed by atoms with Crippen molar-refractivity contribution >= 4 is 5.78 Å². The predicted octanol–water partition coefficient (Wildman–Crippen LogP) is 3.16. The minimum absolute atomic E-state index is 0.120. The SMILES string of the molecule is O=C(Cc1cc(F)cc(F)c1)C1(O)CCCCCC1. The summed E-state index contributed by atoms with van der Waals surface area (Å²) in [4.78, 5) is 12.2. The molecule has 1 saturated carbocycles. The quantitative estimate of drug-likeness (QED) is 0.855. The fourth-order valence-corrected chi connectivity index (χ4v) is 2.66. The summed E-state index contributed by atoms with van der Waals surface area (Å²) in [6, 6.07) is 3.05. The van der Waals surface area contributed by atoms with Gasteiger partial charge in [-0.15, -0.1) is 0 Å². The van der Waals surface area contributed by atoms with Gasteiger partial charge < -0.3 is 5.11 Å². The van der Waals surface area contributed by atoms with Gasteiger partial charge in [0.1, 0.15) is 17.2 Å².